The maximum atomic E-state index is 12.3. The van der Waals surface area contributed by atoms with Gasteiger partial charge in [0.1, 0.15) is 11.7 Å². The molecule has 5 nitrogen and oxygen atoms in total. The van der Waals surface area contributed by atoms with Crippen LogP contribution in [0.25, 0.3) is 0 Å². The SMILES string of the molecule is CC(C(=O)O)N(C(=O)c1cccn1C)C1CC1. The first kappa shape index (κ1) is 11.7. The second-order valence-corrected chi connectivity index (χ2v) is 4.46. The second-order valence-electron chi connectivity index (χ2n) is 4.46. The van der Waals surface area contributed by atoms with E-state index < -0.39 is 12.0 Å². The number of carboxylic acids is 1. The third-order valence-corrected chi connectivity index (χ3v) is 3.11. The van der Waals surface area contributed by atoms with Crippen LogP contribution in [-0.4, -0.2) is 38.5 Å². The number of carbonyl (C=O) groups is 2. The Kier molecular flexibility index (Phi) is 2.92. The number of rotatable bonds is 4. The van der Waals surface area contributed by atoms with Crippen LogP contribution in [0.2, 0.25) is 0 Å². The van der Waals surface area contributed by atoms with E-state index in [1.54, 1.807) is 36.9 Å². The van der Waals surface area contributed by atoms with Crippen LogP contribution in [0.15, 0.2) is 18.3 Å². The van der Waals surface area contributed by atoms with E-state index in [2.05, 4.69) is 0 Å². The number of aliphatic carboxylic acids is 1. The van der Waals surface area contributed by atoms with Crippen molar-refractivity contribution in [3.8, 4) is 0 Å². The van der Waals surface area contributed by atoms with Crippen molar-refractivity contribution in [3.05, 3.63) is 24.0 Å². The topological polar surface area (TPSA) is 62.5 Å². The molecule has 5 heteroatoms. The number of carboxylic acid groups (broad SMARTS) is 1. The fraction of sp³-hybridized carbons (Fsp3) is 0.500. The molecule has 0 aromatic carbocycles. The van der Waals surface area contributed by atoms with Crippen molar-refractivity contribution < 1.29 is 14.7 Å². The van der Waals surface area contributed by atoms with Gasteiger partial charge in [-0.1, -0.05) is 0 Å². The third-order valence-electron chi connectivity index (χ3n) is 3.11. The average Bonchev–Trinajstić information content (AvgIpc) is 3.00. The molecule has 1 aromatic rings. The summed E-state index contributed by atoms with van der Waals surface area (Å²) in [6, 6.07) is 2.81. The lowest BCUT2D eigenvalue weighted by molar-refractivity contribution is -0.141. The van der Waals surface area contributed by atoms with E-state index >= 15 is 0 Å². The minimum atomic E-state index is -0.959. The van der Waals surface area contributed by atoms with Crippen molar-refractivity contribution in [2.24, 2.45) is 7.05 Å². The van der Waals surface area contributed by atoms with Gasteiger partial charge < -0.3 is 14.6 Å². The Labute approximate surface area is 99.6 Å². The average molecular weight is 236 g/mol. The van der Waals surface area contributed by atoms with Gasteiger partial charge in [0.2, 0.25) is 0 Å². The second kappa shape index (κ2) is 4.24. The van der Waals surface area contributed by atoms with Crippen molar-refractivity contribution in [3.63, 3.8) is 0 Å². The molecule has 1 atom stereocenters. The van der Waals surface area contributed by atoms with E-state index in [1.807, 2.05) is 0 Å². The summed E-state index contributed by atoms with van der Waals surface area (Å²) in [4.78, 5) is 24.8. The highest BCUT2D eigenvalue weighted by atomic mass is 16.4. The first-order chi connectivity index (χ1) is 8.02. The van der Waals surface area contributed by atoms with E-state index in [-0.39, 0.29) is 11.9 Å². The predicted octanol–water partition coefficient (Wildman–Crippen LogP) is 1.10. The molecule has 1 fully saturated rings. The summed E-state index contributed by atoms with van der Waals surface area (Å²) >= 11 is 0. The van der Waals surface area contributed by atoms with Crippen molar-refractivity contribution in [2.45, 2.75) is 31.8 Å². The minimum absolute atomic E-state index is 0.0866. The summed E-state index contributed by atoms with van der Waals surface area (Å²) in [5.41, 5.74) is 0.532. The molecular formula is C12H16N2O3. The van der Waals surface area contributed by atoms with E-state index in [0.717, 1.165) is 12.8 Å². The number of hydrogen-bond acceptors (Lipinski definition) is 2. The largest absolute Gasteiger partial charge is 0.480 e. The van der Waals surface area contributed by atoms with Gasteiger partial charge in [-0.25, -0.2) is 4.79 Å². The van der Waals surface area contributed by atoms with E-state index in [1.165, 1.54) is 4.90 Å². The summed E-state index contributed by atoms with van der Waals surface area (Å²) < 4.78 is 1.71. The van der Waals surface area contributed by atoms with Gasteiger partial charge in [-0.2, -0.15) is 0 Å². The molecule has 0 saturated heterocycles. The Hall–Kier alpha value is -1.78. The Balaban J connectivity index is 2.25. The highest BCUT2D eigenvalue weighted by Crippen LogP contribution is 2.30. The molecule has 1 aromatic heterocycles. The van der Waals surface area contributed by atoms with Crippen molar-refractivity contribution in [1.82, 2.24) is 9.47 Å². The van der Waals surface area contributed by atoms with Crippen LogP contribution in [0, 0.1) is 0 Å². The van der Waals surface area contributed by atoms with Crippen LogP contribution in [0.1, 0.15) is 30.3 Å². The number of aromatic nitrogens is 1. The number of carbonyl (C=O) groups excluding carboxylic acids is 1. The first-order valence-electron chi connectivity index (χ1n) is 5.69. The molecule has 1 aliphatic carbocycles. The molecule has 0 aliphatic heterocycles. The van der Waals surface area contributed by atoms with E-state index in [9.17, 15) is 9.59 Å². The summed E-state index contributed by atoms with van der Waals surface area (Å²) in [5, 5.41) is 9.04. The fourth-order valence-electron chi connectivity index (χ4n) is 1.95. The van der Waals surface area contributed by atoms with Gasteiger partial charge in [-0.05, 0) is 31.9 Å². The lowest BCUT2D eigenvalue weighted by Gasteiger charge is -2.26. The molecule has 1 N–H and O–H groups in total. The summed E-state index contributed by atoms with van der Waals surface area (Å²) in [6.45, 7) is 1.56. The van der Waals surface area contributed by atoms with E-state index in [0.29, 0.717) is 5.69 Å². The van der Waals surface area contributed by atoms with Crippen molar-refractivity contribution in [1.29, 1.82) is 0 Å². The predicted molar refractivity (Wildman–Crippen MR) is 61.7 cm³/mol. The van der Waals surface area contributed by atoms with Crippen molar-refractivity contribution in [2.75, 3.05) is 0 Å². The maximum absolute atomic E-state index is 12.3. The van der Waals surface area contributed by atoms with Crippen LogP contribution >= 0.6 is 0 Å². The van der Waals surface area contributed by atoms with Crippen LogP contribution in [0.5, 0.6) is 0 Å². The Bertz CT molecular complexity index is 448. The van der Waals surface area contributed by atoms with Crippen molar-refractivity contribution >= 4 is 11.9 Å². The van der Waals surface area contributed by atoms with Crippen LogP contribution in [0.3, 0.4) is 0 Å². The quantitative estimate of drug-likeness (QED) is 0.851. The minimum Gasteiger partial charge on any atom is -0.480 e. The molecule has 0 radical (unpaired) electrons. The molecule has 0 spiro atoms. The molecule has 0 bridgehead atoms. The molecule has 17 heavy (non-hydrogen) atoms. The zero-order chi connectivity index (χ0) is 12.6. The zero-order valence-corrected chi connectivity index (χ0v) is 9.96. The first-order valence-corrected chi connectivity index (χ1v) is 5.69. The van der Waals surface area contributed by atoms with Gasteiger partial charge in [0, 0.05) is 19.3 Å². The zero-order valence-electron chi connectivity index (χ0n) is 9.96. The lowest BCUT2D eigenvalue weighted by Crippen LogP contribution is -2.45. The fourth-order valence-corrected chi connectivity index (χ4v) is 1.95. The monoisotopic (exact) mass is 236 g/mol. The van der Waals surface area contributed by atoms with Crippen LogP contribution in [-0.2, 0) is 11.8 Å². The smallest absolute Gasteiger partial charge is 0.326 e. The molecular weight excluding hydrogens is 220 g/mol. The third kappa shape index (κ3) is 2.18. The molecule has 1 unspecified atom stereocenters. The highest BCUT2D eigenvalue weighted by molar-refractivity contribution is 5.95. The molecule has 1 amide bonds. The molecule has 1 heterocycles. The number of hydrogen-bond donors (Lipinski definition) is 1. The maximum Gasteiger partial charge on any atom is 0.326 e. The number of aryl methyl sites for hydroxylation is 1. The van der Waals surface area contributed by atoms with Gasteiger partial charge >= 0.3 is 5.97 Å². The van der Waals surface area contributed by atoms with Crippen LogP contribution < -0.4 is 0 Å². The van der Waals surface area contributed by atoms with Crippen LogP contribution in [0.4, 0.5) is 0 Å². The van der Waals surface area contributed by atoms with Gasteiger partial charge in [0.25, 0.3) is 5.91 Å². The Morgan fingerprint density at radius 1 is 1.53 bits per heavy atom. The highest BCUT2D eigenvalue weighted by Gasteiger charge is 2.39. The van der Waals surface area contributed by atoms with Gasteiger partial charge in [-0.15, -0.1) is 0 Å². The standard InChI is InChI=1S/C12H16N2O3/c1-8(12(16)17)14(9-5-6-9)11(15)10-4-3-7-13(10)2/h3-4,7-9H,5-6H2,1-2H3,(H,16,17). The molecule has 92 valence electrons. The Morgan fingerprint density at radius 3 is 2.59 bits per heavy atom. The molecule has 1 aliphatic rings. The van der Waals surface area contributed by atoms with Gasteiger partial charge in [0.15, 0.2) is 0 Å². The number of nitrogens with zero attached hydrogens (tertiary/aromatic N) is 2. The summed E-state index contributed by atoms with van der Waals surface area (Å²) in [6.07, 6.45) is 3.57. The Morgan fingerprint density at radius 2 is 2.18 bits per heavy atom. The molecule has 1 saturated carbocycles. The lowest BCUT2D eigenvalue weighted by atomic mass is 10.2. The summed E-state index contributed by atoms with van der Waals surface area (Å²) in [7, 11) is 1.78. The van der Waals surface area contributed by atoms with Gasteiger partial charge in [0.05, 0.1) is 0 Å². The van der Waals surface area contributed by atoms with E-state index in [4.69, 9.17) is 5.11 Å². The molecule has 2 rings (SSSR count). The number of amides is 1. The summed E-state index contributed by atoms with van der Waals surface area (Å²) in [5.74, 6) is -1.16. The van der Waals surface area contributed by atoms with Gasteiger partial charge in [-0.3, -0.25) is 4.79 Å². The normalized spacial score (nSPS) is 16.6.